The summed E-state index contributed by atoms with van der Waals surface area (Å²) in [5.74, 6) is -0.378. The number of rotatable bonds is 10. The van der Waals surface area contributed by atoms with Crippen LogP contribution in [0.4, 0.5) is 5.69 Å². The molecule has 8 nitrogen and oxygen atoms in total. The zero-order valence-corrected chi connectivity index (χ0v) is 20.6. The number of piperazine rings is 1. The fourth-order valence-electron chi connectivity index (χ4n) is 5.06. The standard InChI is InChI=1S/C27H35N5O3/c1-28-17-20-5-3-6-21(15-20)18-30-10-12-31(13-11-30)23-8-9-24-22(16-23)19-32(27(24)35)25(7-4-14-33)26(34)29-2/h3,5-6,8-9,14-16,25,28H,4,7,10-13,17-19H2,1-2H3,(H,29,34). The van der Waals surface area contributed by atoms with Crippen LogP contribution in [-0.4, -0.2) is 74.2 Å². The molecule has 4 rings (SSSR count). The van der Waals surface area contributed by atoms with E-state index in [1.165, 1.54) is 11.1 Å². The highest BCUT2D eigenvalue weighted by atomic mass is 16.2. The van der Waals surface area contributed by atoms with Gasteiger partial charge >= 0.3 is 0 Å². The molecule has 2 heterocycles. The number of fused-ring (bicyclic) bond motifs is 1. The molecule has 1 unspecified atom stereocenters. The molecule has 35 heavy (non-hydrogen) atoms. The number of hydrogen-bond donors (Lipinski definition) is 2. The van der Waals surface area contributed by atoms with Crippen molar-refractivity contribution in [2.45, 2.75) is 38.5 Å². The van der Waals surface area contributed by atoms with Gasteiger partial charge in [0, 0.05) is 70.5 Å². The van der Waals surface area contributed by atoms with Gasteiger partial charge < -0.3 is 25.2 Å². The predicted octanol–water partition coefficient (Wildman–Crippen LogP) is 1.78. The van der Waals surface area contributed by atoms with Gasteiger partial charge in [-0.1, -0.05) is 24.3 Å². The predicted molar refractivity (Wildman–Crippen MR) is 136 cm³/mol. The molecule has 2 aliphatic heterocycles. The lowest BCUT2D eigenvalue weighted by Crippen LogP contribution is -2.46. The summed E-state index contributed by atoms with van der Waals surface area (Å²) in [5.41, 5.74) is 5.33. The maximum absolute atomic E-state index is 13.0. The van der Waals surface area contributed by atoms with E-state index >= 15 is 0 Å². The molecule has 0 aliphatic carbocycles. The van der Waals surface area contributed by atoms with Crippen LogP contribution in [0.5, 0.6) is 0 Å². The Hall–Kier alpha value is -3.23. The SMILES string of the molecule is CNCc1cccc(CN2CCN(c3ccc4c(c3)CN(C(CCC=O)C(=O)NC)C4=O)CC2)c1. The van der Waals surface area contributed by atoms with Crippen molar-refractivity contribution in [1.29, 1.82) is 0 Å². The number of nitrogens with zero attached hydrogens (tertiary/aromatic N) is 3. The first-order valence-corrected chi connectivity index (χ1v) is 12.3. The second kappa shape index (κ2) is 11.5. The van der Waals surface area contributed by atoms with Crippen molar-refractivity contribution in [2.24, 2.45) is 0 Å². The highest BCUT2D eigenvalue weighted by Gasteiger charge is 2.36. The Morgan fingerprint density at radius 2 is 1.83 bits per heavy atom. The largest absolute Gasteiger partial charge is 0.369 e. The van der Waals surface area contributed by atoms with E-state index in [9.17, 15) is 14.4 Å². The molecule has 1 saturated heterocycles. The number of carbonyl (C=O) groups excluding carboxylic acids is 3. The van der Waals surface area contributed by atoms with Gasteiger partial charge in [0.1, 0.15) is 12.3 Å². The molecule has 2 aromatic rings. The molecule has 1 fully saturated rings. The Bertz CT molecular complexity index is 1060. The zero-order valence-electron chi connectivity index (χ0n) is 20.6. The highest BCUT2D eigenvalue weighted by molar-refractivity contribution is 6.01. The second-order valence-electron chi connectivity index (χ2n) is 9.26. The van der Waals surface area contributed by atoms with E-state index in [2.05, 4.69) is 50.8 Å². The first kappa shape index (κ1) is 24.9. The summed E-state index contributed by atoms with van der Waals surface area (Å²) in [6.45, 7) is 6.01. The van der Waals surface area contributed by atoms with Gasteiger partial charge in [0.05, 0.1) is 0 Å². The quantitative estimate of drug-likeness (QED) is 0.508. The molecule has 1 atom stereocenters. The van der Waals surface area contributed by atoms with Crippen molar-refractivity contribution in [1.82, 2.24) is 20.4 Å². The summed E-state index contributed by atoms with van der Waals surface area (Å²) < 4.78 is 0. The molecule has 0 spiro atoms. The third-order valence-corrected chi connectivity index (χ3v) is 6.92. The molecule has 0 radical (unpaired) electrons. The average molecular weight is 478 g/mol. The van der Waals surface area contributed by atoms with Crippen molar-refractivity contribution < 1.29 is 14.4 Å². The maximum atomic E-state index is 13.0. The highest BCUT2D eigenvalue weighted by Crippen LogP contribution is 2.30. The van der Waals surface area contributed by atoms with Gasteiger partial charge in [0.15, 0.2) is 0 Å². The van der Waals surface area contributed by atoms with Crippen LogP contribution in [0.2, 0.25) is 0 Å². The minimum absolute atomic E-state index is 0.142. The Kier molecular flexibility index (Phi) is 8.15. The number of nitrogens with one attached hydrogen (secondary N) is 2. The van der Waals surface area contributed by atoms with Gasteiger partial charge in [0.2, 0.25) is 5.91 Å². The van der Waals surface area contributed by atoms with Crippen molar-refractivity contribution in [2.75, 3.05) is 45.2 Å². The van der Waals surface area contributed by atoms with E-state index in [4.69, 9.17) is 0 Å². The summed E-state index contributed by atoms with van der Waals surface area (Å²) >= 11 is 0. The third-order valence-electron chi connectivity index (χ3n) is 6.92. The summed E-state index contributed by atoms with van der Waals surface area (Å²) in [6, 6.07) is 14.1. The van der Waals surface area contributed by atoms with E-state index in [1.54, 1.807) is 11.9 Å². The zero-order chi connectivity index (χ0) is 24.8. The molecule has 0 aromatic heterocycles. The molecule has 2 amide bonds. The van der Waals surface area contributed by atoms with Crippen LogP contribution in [0.25, 0.3) is 0 Å². The Morgan fingerprint density at radius 1 is 1.06 bits per heavy atom. The Balaban J connectivity index is 1.38. The summed E-state index contributed by atoms with van der Waals surface area (Å²) in [4.78, 5) is 42.7. The number of carbonyl (C=O) groups is 3. The van der Waals surface area contributed by atoms with Gasteiger partial charge in [-0.15, -0.1) is 0 Å². The fraction of sp³-hybridized carbons (Fsp3) is 0.444. The van der Waals surface area contributed by atoms with Crippen molar-refractivity contribution in [3.05, 3.63) is 64.7 Å². The minimum atomic E-state index is -0.635. The Labute approximate surface area is 207 Å². The molecular formula is C27H35N5O3. The molecule has 186 valence electrons. The minimum Gasteiger partial charge on any atom is -0.369 e. The summed E-state index contributed by atoms with van der Waals surface area (Å²) in [6.07, 6.45) is 1.36. The van der Waals surface area contributed by atoms with E-state index in [-0.39, 0.29) is 18.2 Å². The summed E-state index contributed by atoms with van der Waals surface area (Å²) in [7, 11) is 3.52. The number of hydrogen-bond acceptors (Lipinski definition) is 6. The molecular weight excluding hydrogens is 442 g/mol. The normalized spacial score (nSPS) is 16.8. The molecule has 0 saturated carbocycles. The lowest BCUT2D eigenvalue weighted by molar-refractivity contribution is -0.125. The summed E-state index contributed by atoms with van der Waals surface area (Å²) in [5, 5.41) is 5.83. The molecule has 0 bridgehead atoms. The maximum Gasteiger partial charge on any atom is 0.255 e. The molecule has 8 heteroatoms. The number of aldehydes is 1. The lowest BCUT2D eigenvalue weighted by Gasteiger charge is -2.36. The van der Waals surface area contributed by atoms with Crippen LogP contribution in [-0.2, 0) is 29.2 Å². The van der Waals surface area contributed by atoms with Crippen LogP contribution in [0, 0.1) is 0 Å². The Morgan fingerprint density at radius 3 is 2.54 bits per heavy atom. The number of amides is 2. The molecule has 2 N–H and O–H groups in total. The van der Waals surface area contributed by atoms with Gasteiger partial charge in [-0.05, 0) is 48.4 Å². The van der Waals surface area contributed by atoms with Crippen LogP contribution < -0.4 is 15.5 Å². The van der Waals surface area contributed by atoms with Crippen LogP contribution in [0.15, 0.2) is 42.5 Å². The van der Waals surface area contributed by atoms with Crippen LogP contribution >= 0.6 is 0 Å². The van der Waals surface area contributed by atoms with Gasteiger partial charge in [0.25, 0.3) is 5.91 Å². The first-order chi connectivity index (χ1) is 17.0. The van der Waals surface area contributed by atoms with Crippen molar-refractivity contribution in [3.8, 4) is 0 Å². The third kappa shape index (κ3) is 5.71. The fourth-order valence-corrected chi connectivity index (χ4v) is 5.06. The van der Waals surface area contributed by atoms with Crippen molar-refractivity contribution >= 4 is 23.8 Å². The first-order valence-electron chi connectivity index (χ1n) is 12.3. The van der Waals surface area contributed by atoms with E-state index in [1.807, 2.05) is 19.2 Å². The van der Waals surface area contributed by atoms with Gasteiger partial charge in [-0.2, -0.15) is 0 Å². The van der Waals surface area contributed by atoms with E-state index < -0.39 is 6.04 Å². The van der Waals surface area contributed by atoms with Gasteiger partial charge in [-0.3, -0.25) is 14.5 Å². The monoisotopic (exact) mass is 477 g/mol. The van der Waals surface area contributed by atoms with E-state index in [0.717, 1.165) is 56.8 Å². The number of benzene rings is 2. The lowest BCUT2D eigenvalue weighted by atomic mass is 10.1. The molecule has 2 aromatic carbocycles. The topological polar surface area (TPSA) is 85.0 Å². The number of anilines is 1. The van der Waals surface area contributed by atoms with Gasteiger partial charge in [-0.25, -0.2) is 0 Å². The van der Waals surface area contributed by atoms with E-state index in [0.29, 0.717) is 18.5 Å². The van der Waals surface area contributed by atoms with Crippen molar-refractivity contribution in [3.63, 3.8) is 0 Å². The smallest absolute Gasteiger partial charge is 0.255 e. The molecule has 2 aliphatic rings. The van der Waals surface area contributed by atoms with Crippen LogP contribution in [0.1, 0.15) is 39.9 Å². The van der Waals surface area contributed by atoms with Crippen LogP contribution in [0.3, 0.4) is 0 Å². The second-order valence-corrected chi connectivity index (χ2v) is 9.26. The number of likely N-dealkylation sites (N-methyl/N-ethyl adjacent to an activating group) is 1. The average Bonchev–Trinajstić information content (AvgIpc) is 3.20.